The first-order valence-electron chi connectivity index (χ1n) is 21.1. The van der Waals surface area contributed by atoms with E-state index in [2.05, 4.69) is 90.3 Å². The highest BCUT2D eigenvalue weighted by Gasteiger charge is 2.72. The number of carbonyl (C=O) groups is 1. The molecule has 2 N–H and O–H groups in total. The van der Waals surface area contributed by atoms with Crippen LogP contribution in [0.1, 0.15) is 114 Å². The summed E-state index contributed by atoms with van der Waals surface area (Å²) >= 11 is 0. The monoisotopic (exact) mass is 760 g/mol. The topological polar surface area (TPSA) is 121 Å². The Morgan fingerprint density at radius 1 is 1.09 bits per heavy atom. The van der Waals surface area contributed by atoms with Crippen molar-refractivity contribution in [1.29, 1.82) is 0 Å². The van der Waals surface area contributed by atoms with E-state index in [4.69, 9.17) is 24.3 Å². The minimum Gasteiger partial charge on any atom is -0.481 e. The van der Waals surface area contributed by atoms with Crippen LogP contribution in [0.3, 0.4) is 0 Å². The van der Waals surface area contributed by atoms with Crippen molar-refractivity contribution in [1.82, 2.24) is 25.1 Å². The molecule has 2 aromatic heterocycles. The van der Waals surface area contributed by atoms with Crippen LogP contribution in [0, 0.1) is 62.6 Å². The molecule has 1 saturated heterocycles. The molecule has 1 aliphatic heterocycles. The van der Waals surface area contributed by atoms with Gasteiger partial charge in [-0.1, -0.05) is 74.0 Å². The number of hydrogen-bond donors (Lipinski definition) is 2. The molecule has 7 rings (SSSR count). The Hall–Kier alpha value is -2.82. The number of carboxylic acid groups (broad SMARTS) is 1. The molecule has 2 aromatic rings. The zero-order valence-electron chi connectivity index (χ0n) is 35.7. The van der Waals surface area contributed by atoms with E-state index in [1.807, 2.05) is 19.2 Å². The number of pyridine rings is 1. The first kappa shape index (κ1) is 40.4. The summed E-state index contributed by atoms with van der Waals surface area (Å²) in [5.41, 5.74) is 0.833. The Kier molecular flexibility index (Phi) is 10.2. The summed E-state index contributed by atoms with van der Waals surface area (Å²) in [4.78, 5) is 22.9. The number of ether oxygens (including phenoxy) is 3. The number of nitrogens with one attached hydrogen (secondary N) is 1. The normalized spacial score (nSPS) is 40.0. The van der Waals surface area contributed by atoms with E-state index in [1.165, 1.54) is 5.57 Å². The fourth-order valence-corrected chi connectivity index (χ4v) is 13.3. The van der Waals surface area contributed by atoms with Gasteiger partial charge in [0, 0.05) is 34.2 Å². The van der Waals surface area contributed by atoms with E-state index in [0.29, 0.717) is 49.4 Å². The molecule has 304 valence electrons. The standard InChI is InChI=1S/C45H69N5O5/c1-27(2)29(5)40(6)18-19-42(8)31-13-14-34-41(7)23-54-25-45(34,32(31)15-17-43(42,9)36(40)39(51)52)22-33(37(41)55-24-44(10,46-11)28(3)4)50-38(48-26-49-50)30-16-20-47-35(21-30)53-12/h15-16,20-21,26-29,31,33-34,36-37,46H,13-14,17-19,22-25H2,1-12H3,(H,51,52)/t29-,31+,33-,34+,36-,37+,40-,41-,42-,43+,44+,45+/m1/s1. The maximum Gasteiger partial charge on any atom is 0.307 e. The second-order valence-electron chi connectivity index (χ2n) is 20.3. The van der Waals surface area contributed by atoms with Gasteiger partial charge in [-0.25, -0.2) is 14.6 Å². The molecule has 0 spiro atoms. The molecule has 10 nitrogen and oxygen atoms in total. The van der Waals surface area contributed by atoms with Gasteiger partial charge in [-0.2, -0.15) is 5.10 Å². The van der Waals surface area contributed by atoms with Crippen LogP contribution in [-0.4, -0.2) is 76.4 Å². The average Bonchev–Trinajstić information content (AvgIpc) is 3.64. The SMILES string of the molecule is CN[C@@](C)(CO[C@H]1[C@H](n2ncnc2-c2ccnc(OC)c2)C[C@@]23COC[C@]1(C)[C@@H]2CC[C@H]1C3=CC[C@@]2(C)[C@H](C(=O)O)[C@@](C)([C@H](C)C(C)C)CC[C@]12C)C(C)C. The highest BCUT2D eigenvalue weighted by Crippen LogP contribution is 2.75. The van der Waals surface area contributed by atoms with E-state index in [1.54, 1.807) is 19.6 Å². The second-order valence-corrected chi connectivity index (χ2v) is 20.3. The first-order valence-corrected chi connectivity index (χ1v) is 21.1. The minimum absolute atomic E-state index is 0.121. The molecule has 0 unspecified atom stereocenters. The highest BCUT2D eigenvalue weighted by molar-refractivity contribution is 5.73. The number of fused-ring (bicyclic) bond motifs is 3. The van der Waals surface area contributed by atoms with Gasteiger partial charge in [-0.15, -0.1) is 0 Å². The Bertz CT molecular complexity index is 1790. The molecule has 2 bridgehead atoms. The lowest BCUT2D eigenvalue weighted by atomic mass is 9.34. The summed E-state index contributed by atoms with van der Waals surface area (Å²) in [7, 11) is 3.66. The van der Waals surface area contributed by atoms with Gasteiger partial charge in [0.15, 0.2) is 5.82 Å². The number of allylic oxidation sites excluding steroid dienone is 1. The van der Waals surface area contributed by atoms with Crippen molar-refractivity contribution in [3.8, 4) is 17.3 Å². The predicted octanol–water partition coefficient (Wildman–Crippen LogP) is 8.50. The van der Waals surface area contributed by atoms with Gasteiger partial charge in [0.05, 0.1) is 45.0 Å². The molecule has 3 heterocycles. The lowest BCUT2D eigenvalue weighted by Crippen LogP contribution is -2.69. The Balaban J connectivity index is 1.36. The lowest BCUT2D eigenvalue weighted by molar-refractivity contribution is -0.253. The Morgan fingerprint density at radius 3 is 2.49 bits per heavy atom. The Morgan fingerprint density at radius 2 is 1.84 bits per heavy atom. The third-order valence-corrected chi connectivity index (χ3v) is 17.6. The lowest BCUT2D eigenvalue weighted by Gasteiger charge is -2.71. The summed E-state index contributed by atoms with van der Waals surface area (Å²) < 4.78 is 21.8. The smallest absolute Gasteiger partial charge is 0.307 e. The van der Waals surface area contributed by atoms with Crippen LogP contribution in [0.5, 0.6) is 5.88 Å². The predicted molar refractivity (Wildman–Crippen MR) is 214 cm³/mol. The number of aromatic nitrogens is 4. The van der Waals surface area contributed by atoms with E-state index in [0.717, 1.165) is 49.9 Å². The Labute approximate surface area is 330 Å². The van der Waals surface area contributed by atoms with Crippen LogP contribution in [0.4, 0.5) is 0 Å². The summed E-state index contributed by atoms with van der Waals surface area (Å²) in [6.45, 7) is 24.9. The van der Waals surface area contributed by atoms with E-state index in [-0.39, 0.29) is 50.7 Å². The van der Waals surface area contributed by atoms with Crippen LogP contribution >= 0.6 is 0 Å². The van der Waals surface area contributed by atoms with Gasteiger partial charge >= 0.3 is 5.97 Å². The van der Waals surface area contributed by atoms with Crippen molar-refractivity contribution in [3.05, 3.63) is 36.3 Å². The van der Waals surface area contributed by atoms with Gasteiger partial charge in [0.1, 0.15) is 6.33 Å². The van der Waals surface area contributed by atoms with Crippen LogP contribution < -0.4 is 10.1 Å². The third kappa shape index (κ3) is 5.79. The highest BCUT2D eigenvalue weighted by atomic mass is 16.5. The summed E-state index contributed by atoms with van der Waals surface area (Å²) in [5, 5.41) is 19.8. The fourth-order valence-electron chi connectivity index (χ4n) is 13.3. The maximum atomic E-state index is 13.6. The van der Waals surface area contributed by atoms with Gasteiger partial charge in [-0.3, -0.25) is 4.79 Å². The van der Waals surface area contributed by atoms with Crippen molar-refractivity contribution >= 4 is 5.97 Å². The van der Waals surface area contributed by atoms with Crippen molar-refractivity contribution in [2.75, 3.05) is 34.0 Å². The van der Waals surface area contributed by atoms with Crippen LogP contribution in [0.15, 0.2) is 36.3 Å². The zero-order chi connectivity index (χ0) is 39.9. The quantitative estimate of drug-likeness (QED) is 0.217. The molecule has 0 aromatic carbocycles. The molecular weight excluding hydrogens is 691 g/mol. The number of hydrogen-bond acceptors (Lipinski definition) is 8. The van der Waals surface area contributed by atoms with Crippen molar-refractivity contribution in [2.24, 2.45) is 62.6 Å². The van der Waals surface area contributed by atoms with Gasteiger partial charge in [-0.05, 0) is 104 Å². The van der Waals surface area contributed by atoms with Crippen LogP contribution in [0.2, 0.25) is 0 Å². The number of rotatable bonds is 11. The molecular formula is C45H69N5O5. The number of aliphatic carboxylic acids is 1. The first-order chi connectivity index (χ1) is 25.9. The zero-order valence-corrected chi connectivity index (χ0v) is 35.7. The van der Waals surface area contributed by atoms with E-state index < -0.39 is 11.9 Å². The van der Waals surface area contributed by atoms with Gasteiger partial charge in [0.25, 0.3) is 0 Å². The molecule has 4 fully saturated rings. The third-order valence-electron chi connectivity index (χ3n) is 17.6. The number of nitrogens with zero attached hydrogens (tertiary/aromatic N) is 4. The molecule has 5 aliphatic rings. The van der Waals surface area contributed by atoms with Crippen molar-refractivity contribution < 1.29 is 24.1 Å². The fraction of sp³-hybridized carbons (Fsp3) is 0.778. The summed E-state index contributed by atoms with van der Waals surface area (Å²) in [5.74, 6) is 1.96. The molecule has 55 heavy (non-hydrogen) atoms. The number of likely N-dealkylation sites (N-methyl/N-ethyl adjacent to an activating group) is 1. The molecule has 4 aliphatic carbocycles. The largest absolute Gasteiger partial charge is 0.481 e. The molecule has 10 heteroatoms. The molecule has 3 saturated carbocycles. The van der Waals surface area contributed by atoms with Gasteiger partial charge < -0.3 is 24.6 Å². The summed E-state index contributed by atoms with van der Waals surface area (Å²) in [6.07, 6.45) is 11.4. The molecule has 0 radical (unpaired) electrons. The second kappa shape index (κ2) is 13.9. The minimum atomic E-state index is -0.625. The van der Waals surface area contributed by atoms with Crippen LogP contribution in [0.25, 0.3) is 11.4 Å². The maximum absolute atomic E-state index is 13.6. The number of methoxy groups -OCH3 is 1. The van der Waals surface area contributed by atoms with Crippen LogP contribution in [-0.2, 0) is 14.3 Å². The molecule has 0 amide bonds. The average molecular weight is 760 g/mol. The molecule has 12 atom stereocenters. The van der Waals surface area contributed by atoms with Crippen molar-refractivity contribution in [3.63, 3.8) is 0 Å². The van der Waals surface area contributed by atoms with Crippen molar-refractivity contribution in [2.45, 2.75) is 125 Å². The summed E-state index contributed by atoms with van der Waals surface area (Å²) in [6, 6.07) is 3.79. The van der Waals surface area contributed by atoms with E-state index >= 15 is 0 Å². The van der Waals surface area contributed by atoms with E-state index in [9.17, 15) is 9.90 Å². The van der Waals surface area contributed by atoms with Gasteiger partial charge in [0.2, 0.25) is 5.88 Å². The number of carboxylic acids is 1.